The van der Waals surface area contributed by atoms with E-state index in [4.69, 9.17) is 14.2 Å². The van der Waals surface area contributed by atoms with Gasteiger partial charge >= 0.3 is 0 Å². The molecule has 0 spiro atoms. The van der Waals surface area contributed by atoms with E-state index in [2.05, 4.69) is 46.7 Å². The highest BCUT2D eigenvalue weighted by Gasteiger charge is 2.50. The van der Waals surface area contributed by atoms with Crippen molar-refractivity contribution in [3.63, 3.8) is 0 Å². The fourth-order valence-electron chi connectivity index (χ4n) is 6.01. The van der Waals surface area contributed by atoms with Crippen LogP contribution in [0.5, 0.6) is 11.5 Å². The standard InChI is InChI=1S/C28H35N2O4Si/c1-19-15-28(35,29-16-20-7-11-22(32-2)12-8-20)26-17-33-23-13-9-21(10-14-23)24-5-3-4-6-25(24)34-18-27(31)30(19)26/h3-8,11-12,19,21,23,26,29H,9-10,13-18H2,1-2H3/t19-,21?,23?,26+,28-/m1/s1. The van der Waals surface area contributed by atoms with Crippen molar-refractivity contribution < 1.29 is 19.0 Å². The number of benzene rings is 2. The Labute approximate surface area is 211 Å². The molecule has 1 N–H and O–H groups in total. The Morgan fingerprint density at radius 1 is 1.11 bits per heavy atom. The third-order valence-electron chi connectivity index (χ3n) is 7.93. The zero-order valence-corrected chi connectivity index (χ0v) is 21.7. The summed E-state index contributed by atoms with van der Waals surface area (Å²) in [5, 5.41) is 3.25. The second-order valence-electron chi connectivity index (χ2n) is 10.2. The SMILES string of the molecule is COc1ccc(CN[C@@]2([Si])C[C@@H](C)N3C(=O)COc4ccccc4C4CCC(CC4)OC[C@H]32)cc1. The van der Waals surface area contributed by atoms with Gasteiger partial charge in [0.05, 0.1) is 36.1 Å². The lowest BCUT2D eigenvalue weighted by Crippen LogP contribution is -2.58. The van der Waals surface area contributed by atoms with Crippen LogP contribution in [0.25, 0.3) is 0 Å². The first kappa shape index (κ1) is 24.3. The van der Waals surface area contributed by atoms with E-state index in [1.54, 1.807) is 7.11 Å². The van der Waals surface area contributed by atoms with Crippen molar-refractivity contribution in [2.24, 2.45) is 0 Å². The van der Waals surface area contributed by atoms with Crippen LogP contribution in [0.2, 0.25) is 0 Å². The molecule has 0 unspecified atom stereocenters. The van der Waals surface area contributed by atoms with Gasteiger partial charge in [0, 0.05) is 17.7 Å². The van der Waals surface area contributed by atoms with E-state index >= 15 is 0 Å². The summed E-state index contributed by atoms with van der Waals surface area (Å²) in [5.74, 6) is 2.14. The lowest BCUT2D eigenvalue weighted by atomic mass is 9.82. The summed E-state index contributed by atoms with van der Waals surface area (Å²) < 4.78 is 17.9. The lowest BCUT2D eigenvalue weighted by Gasteiger charge is -2.38. The number of methoxy groups -OCH3 is 1. The van der Waals surface area contributed by atoms with Crippen LogP contribution in [0.3, 0.4) is 0 Å². The summed E-state index contributed by atoms with van der Waals surface area (Å²) in [5.41, 5.74) is 2.38. The molecule has 7 heteroatoms. The molecule has 3 radical (unpaired) electrons. The number of nitrogens with one attached hydrogen (secondary N) is 1. The Bertz CT molecular complexity index is 1020. The fourth-order valence-corrected chi connectivity index (χ4v) is 6.62. The molecule has 2 bridgehead atoms. The van der Waals surface area contributed by atoms with Crippen molar-refractivity contribution in [3.05, 3.63) is 59.7 Å². The normalized spacial score (nSPS) is 30.9. The highest BCUT2D eigenvalue weighted by atomic mass is 28.1. The van der Waals surface area contributed by atoms with Gasteiger partial charge in [-0.2, -0.15) is 0 Å². The molecule has 2 aromatic carbocycles. The van der Waals surface area contributed by atoms with Crippen molar-refractivity contribution in [3.8, 4) is 11.5 Å². The van der Waals surface area contributed by atoms with E-state index in [-0.39, 0.29) is 30.7 Å². The number of para-hydroxylation sites is 1. The predicted octanol–water partition coefficient (Wildman–Crippen LogP) is 3.77. The summed E-state index contributed by atoms with van der Waals surface area (Å²) in [6, 6.07) is 16.2. The molecule has 1 saturated carbocycles. The lowest BCUT2D eigenvalue weighted by molar-refractivity contribution is -0.138. The Kier molecular flexibility index (Phi) is 7.18. The Balaban J connectivity index is 1.38. The molecule has 1 amide bonds. The van der Waals surface area contributed by atoms with Gasteiger partial charge in [0.2, 0.25) is 0 Å². The molecule has 3 heterocycles. The van der Waals surface area contributed by atoms with Crippen molar-refractivity contribution in [2.75, 3.05) is 20.3 Å². The minimum Gasteiger partial charge on any atom is -0.497 e. The molecule has 1 aliphatic carbocycles. The number of nitrogens with zero attached hydrogens (tertiary/aromatic N) is 1. The third-order valence-corrected chi connectivity index (χ3v) is 8.64. The summed E-state index contributed by atoms with van der Waals surface area (Å²) in [4.78, 5) is 15.5. The van der Waals surface area contributed by atoms with Gasteiger partial charge in [-0.05, 0) is 74.3 Å². The maximum atomic E-state index is 13.5. The minimum absolute atomic E-state index is 0.00105. The number of amides is 1. The summed E-state index contributed by atoms with van der Waals surface area (Å²) >= 11 is 0. The largest absolute Gasteiger partial charge is 0.497 e. The van der Waals surface area contributed by atoms with Gasteiger partial charge < -0.3 is 24.4 Å². The molecule has 2 fully saturated rings. The van der Waals surface area contributed by atoms with Gasteiger partial charge in [-0.15, -0.1) is 0 Å². The molecule has 0 aromatic heterocycles. The van der Waals surface area contributed by atoms with Crippen molar-refractivity contribution >= 4 is 16.1 Å². The van der Waals surface area contributed by atoms with Crippen LogP contribution < -0.4 is 14.8 Å². The van der Waals surface area contributed by atoms with E-state index < -0.39 is 5.16 Å². The van der Waals surface area contributed by atoms with Crippen molar-refractivity contribution in [1.29, 1.82) is 0 Å². The molecule has 2 aromatic rings. The number of carbonyl (C=O) groups excluding carboxylic acids is 1. The van der Waals surface area contributed by atoms with Gasteiger partial charge in [0.1, 0.15) is 11.5 Å². The van der Waals surface area contributed by atoms with Crippen LogP contribution in [-0.4, -0.2) is 64.7 Å². The van der Waals surface area contributed by atoms with Gasteiger partial charge in [-0.25, -0.2) is 0 Å². The maximum absolute atomic E-state index is 13.5. The van der Waals surface area contributed by atoms with Gasteiger partial charge in [0.15, 0.2) is 6.61 Å². The predicted molar refractivity (Wildman–Crippen MR) is 136 cm³/mol. The summed E-state index contributed by atoms with van der Waals surface area (Å²) in [6.07, 6.45) is 5.23. The molecule has 1 saturated heterocycles. The zero-order chi connectivity index (χ0) is 24.4. The van der Waals surface area contributed by atoms with Crippen LogP contribution in [0.1, 0.15) is 56.1 Å². The number of hydrogen-bond acceptors (Lipinski definition) is 5. The van der Waals surface area contributed by atoms with Crippen LogP contribution >= 0.6 is 0 Å². The fraction of sp³-hybridized carbons (Fsp3) is 0.536. The van der Waals surface area contributed by atoms with Crippen LogP contribution in [0, 0.1) is 0 Å². The van der Waals surface area contributed by atoms with Gasteiger partial charge in [-0.1, -0.05) is 30.3 Å². The Morgan fingerprint density at radius 2 is 1.86 bits per heavy atom. The first-order valence-electron chi connectivity index (χ1n) is 12.7. The third kappa shape index (κ3) is 5.13. The molecule has 6 nitrogen and oxygen atoms in total. The summed E-state index contributed by atoms with van der Waals surface area (Å²) in [6.45, 7) is 3.32. The monoisotopic (exact) mass is 491 g/mol. The molecular formula is C28H35N2O4Si. The summed E-state index contributed by atoms with van der Waals surface area (Å²) in [7, 11) is 5.76. The Morgan fingerprint density at radius 3 is 2.60 bits per heavy atom. The molecule has 4 aliphatic rings. The number of rotatable bonds is 4. The van der Waals surface area contributed by atoms with E-state index in [1.807, 2.05) is 29.2 Å². The van der Waals surface area contributed by atoms with Gasteiger partial charge in [0.25, 0.3) is 5.91 Å². The quantitative estimate of drug-likeness (QED) is 0.660. The molecule has 185 valence electrons. The number of carbonyl (C=O) groups is 1. The van der Waals surface area contributed by atoms with Crippen molar-refractivity contribution in [2.45, 2.75) is 74.8 Å². The van der Waals surface area contributed by atoms with Crippen LogP contribution in [0.15, 0.2) is 48.5 Å². The Hall–Kier alpha value is -2.35. The maximum Gasteiger partial charge on any atom is 0.261 e. The van der Waals surface area contributed by atoms with E-state index in [0.29, 0.717) is 19.1 Å². The second-order valence-corrected chi connectivity index (χ2v) is 11.1. The van der Waals surface area contributed by atoms with Gasteiger partial charge in [-0.3, -0.25) is 4.79 Å². The number of hydrogen-bond donors (Lipinski definition) is 1. The average molecular weight is 492 g/mol. The number of ether oxygens (including phenoxy) is 3. The highest BCUT2D eigenvalue weighted by Crippen LogP contribution is 2.40. The molecule has 3 aliphatic heterocycles. The zero-order valence-electron chi connectivity index (χ0n) is 20.7. The number of fused-ring (bicyclic) bond motifs is 5. The van der Waals surface area contributed by atoms with E-state index in [9.17, 15) is 4.79 Å². The van der Waals surface area contributed by atoms with Crippen LogP contribution in [0.4, 0.5) is 0 Å². The topological polar surface area (TPSA) is 60.0 Å². The van der Waals surface area contributed by atoms with Crippen molar-refractivity contribution in [1.82, 2.24) is 10.2 Å². The molecule has 6 rings (SSSR count). The molecule has 35 heavy (non-hydrogen) atoms. The highest BCUT2D eigenvalue weighted by molar-refractivity contribution is 6.16. The smallest absolute Gasteiger partial charge is 0.261 e. The molecular weight excluding hydrogens is 456 g/mol. The molecule has 3 atom stereocenters. The van der Waals surface area contributed by atoms with E-state index in [1.165, 1.54) is 5.56 Å². The average Bonchev–Trinajstić information content (AvgIpc) is 3.15. The minimum atomic E-state index is -0.454. The second kappa shape index (κ2) is 10.3. The van der Waals surface area contributed by atoms with Crippen LogP contribution in [-0.2, 0) is 16.1 Å². The van der Waals surface area contributed by atoms with E-state index in [0.717, 1.165) is 49.2 Å². The first-order chi connectivity index (χ1) is 17.0. The first-order valence-corrected chi connectivity index (χ1v) is 13.2.